The first kappa shape index (κ1) is 19.1. The topological polar surface area (TPSA) is 55.4 Å². The standard InChI is InChI=1S/C21H18ClNO3S/c1-3-26-21(25)18-17(14-8-10-16(22)11-9-14)12-27-20(18)23-19(24)15-6-4-13(2)5-7-15/h4-12H,3H2,1-2H3,(H,23,24). The zero-order valence-corrected chi connectivity index (χ0v) is 16.5. The number of aryl methyl sites for hydroxylation is 1. The highest BCUT2D eigenvalue weighted by Crippen LogP contribution is 2.37. The molecule has 0 aliphatic heterocycles. The van der Waals surface area contributed by atoms with E-state index >= 15 is 0 Å². The van der Waals surface area contributed by atoms with Crippen molar-refractivity contribution in [3.05, 3.63) is 75.6 Å². The van der Waals surface area contributed by atoms with Crippen molar-refractivity contribution in [2.45, 2.75) is 13.8 Å². The fraction of sp³-hybridized carbons (Fsp3) is 0.143. The van der Waals surface area contributed by atoms with Gasteiger partial charge >= 0.3 is 5.97 Å². The summed E-state index contributed by atoms with van der Waals surface area (Å²) < 4.78 is 5.21. The second kappa shape index (κ2) is 8.37. The lowest BCUT2D eigenvalue weighted by atomic mass is 10.0. The number of esters is 1. The van der Waals surface area contributed by atoms with Crippen molar-refractivity contribution in [1.82, 2.24) is 0 Å². The summed E-state index contributed by atoms with van der Waals surface area (Å²) in [5, 5.41) is 5.75. The summed E-state index contributed by atoms with van der Waals surface area (Å²) in [7, 11) is 0. The summed E-state index contributed by atoms with van der Waals surface area (Å²) in [5.74, 6) is -0.743. The maximum Gasteiger partial charge on any atom is 0.341 e. The summed E-state index contributed by atoms with van der Waals surface area (Å²) >= 11 is 7.25. The molecule has 1 N–H and O–H groups in total. The first-order valence-electron chi connectivity index (χ1n) is 8.42. The summed E-state index contributed by atoms with van der Waals surface area (Å²) in [6, 6.07) is 14.4. The molecule has 3 aromatic rings. The molecule has 1 amide bonds. The van der Waals surface area contributed by atoms with Crippen LogP contribution in [-0.4, -0.2) is 18.5 Å². The molecule has 0 bridgehead atoms. The van der Waals surface area contributed by atoms with Gasteiger partial charge in [0, 0.05) is 21.5 Å². The molecule has 0 atom stereocenters. The van der Waals surface area contributed by atoms with Crippen molar-refractivity contribution in [1.29, 1.82) is 0 Å². The number of benzene rings is 2. The number of carbonyl (C=O) groups is 2. The number of rotatable bonds is 5. The monoisotopic (exact) mass is 399 g/mol. The highest BCUT2D eigenvalue weighted by molar-refractivity contribution is 7.15. The number of amides is 1. The zero-order chi connectivity index (χ0) is 19.4. The predicted molar refractivity (Wildman–Crippen MR) is 110 cm³/mol. The fourth-order valence-corrected chi connectivity index (χ4v) is 3.66. The largest absolute Gasteiger partial charge is 0.462 e. The van der Waals surface area contributed by atoms with Gasteiger partial charge in [-0.25, -0.2) is 4.79 Å². The van der Waals surface area contributed by atoms with Crippen LogP contribution >= 0.6 is 22.9 Å². The van der Waals surface area contributed by atoms with Crippen LogP contribution in [0, 0.1) is 6.92 Å². The Morgan fingerprint density at radius 1 is 1.07 bits per heavy atom. The lowest BCUT2D eigenvalue weighted by Crippen LogP contribution is -2.14. The van der Waals surface area contributed by atoms with Crippen molar-refractivity contribution >= 4 is 39.8 Å². The number of hydrogen-bond donors (Lipinski definition) is 1. The van der Waals surface area contributed by atoms with E-state index in [1.54, 1.807) is 31.2 Å². The number of thiophene rings is 1. The number of anilines is 1. The maximum atomic E-state index is 12.6. The van der Waals surface area contributed by atoms with Crippen molar-refractivity contribution in [3.8, 4) is 11.1 Å². The minimum absolute atomic E-state index is 0.250. The molecule has 0 fully saturated rings. The molecule has 3 rings (SSSR count). The molecular formula is C21H18ClNO3S. The number of carbonyl (C=O) groups excluding carboxylic acids is 2. The van der Waals surface area contributed by atoms with Gasteiger partial charge in [-0.05, 0) is 43.7 Å². The smallest absolute Gasteiger partial charge is 0.341 e. The Hall–Kier alpha value is -2.63. The third-order valence-corrected chi connectivity index (χ3v) is 5.11. The van der Waals surface area contributed by atoms with E-state index in [9.17, 15) is 9.59 Å². The van der Waals surface area contributed by atoms with E-state index in [1.807, 2.05) is 36.6 Å². The quantitative estimate of drug-likeness (QED) is 0.551. The van der Waals surface area contributed by atoms with Crippen molar-refractivity contribution in [3.63, 3.8) is 0 Å². The number of ether oxygens (including phenoxy) is 1. The molecule has 0 saturated heterocycles. The van der Waals surface area contributed by atoms with E-state index in [0.29, 0.717) is 26.7 Å². The molecule has 2 aromatic carbocycles. The van der Waals surface area contributed by atoms with Crippen LogP contribution in [0.5, 0.6) is 0 Å². The Balaban J connectivity index is 1.97. The molecule has 0 saturated carbocycles. The van der Waals surface area contributed by atoms with Gasteiger partial charge in [-0.3, -0.25) is 4.79 Å². The van der Waals surface area contributed by atoms with Gasteiger partial charge in [0.15, 0.2) is 0 Å². The lowest BCUT2D eigenvalue weighted by Gasteiger charge is -2.09. The molecular weight excluding hydrogens is 382 g/mol. The van der Waals surface area contributed by atoms with Crippen LogP contribution in [0.3, 0.4) is 0 Å². The van der Waals surface area contributed by atoms with E-state index in [1.165, 1.54) is 11.3 Å². The van der Waals surface area contributed by atoms with E-state index in [-0.39, 0.29) is 12.5 Å². The second-order valence-corrected chi connectivity index (χ2v) is 7.22. The summed E-state index contributed by atoms with van der Waals surface area (Å²) in [5.41, 5.74) is 3.48. The average Bonchev–Trinajstić information content (AvgIpc) is 3.06. The number of halogens is 1. The molecule has 6 heteroatoms. The lowest BCUT2D eigenvalue weighted by molar-refractivity contribution is 0.0529. The minimum atomic E-state index is -0.470. The first-order chi connectivity index (χ1) is 13.0. The molecule has 0 spiro atoms. The van der Waals surface area contributed by atoms with Crippen LogP contribution in [0.4, 0.5) is 5.00 Å². The number of hydrogen-bond acceptors (Lipinski definition) is 4. The maximum absolute atomic E-state index is 12.6. The van der Waals surface area contributed by atoms with Crippen LogP contribution in [0.1, 0.15) is 33.2 Å². The van der Waals surface area contributed by atoms with Crippen LogP contribution in [0.15, 0.2) is 53.9 Å². The SMILES string of the molecule is CCOC(=O)c1c(-c2ccc(Cl)cc2)csc1NC(=O)c1ccc(C)cc1. The molecule has 0 aliphatic rings. The Morgan fingerprint density at radius 3 is 2.37 bits per heavy atom. The van der Waals surface area contributed by atoms with Gasteiger partial charge in [-0.2, -0.15) is 0 Å². The highest BCUT2D eigenvalue weighted by Gasteiger charge is 2.23. The zero-order valence-electron chi connectivity index (χ0n) is 14.9. The molecule has 1 heterocycles. The first-order valence-corrected chi connectivity index (χ1v) is 9.68. The van der Waals surface area contributed by atoms with Crippen LogP contribution in [0.2, 0.25) is 5.02 Å². The van der Waals surface area contributed by atoms with Gasteiger partial charge in [0.05, 0.1) is 6.61 Å². The summed E-state index contributed by atoms with van der Waals surface area (Å²) in [6.45, 7) is 3.95. The molecule has 138 valence electrons. The molecule has 4 nitrogen and oxygen atoms in total. The van der Waals surface area contributed by atoms with Crippen molar-refractivity contribution in [2.24, 2.45) is 0 Å². The van der Waals surface area contributed by atoms with E-state index in [0.717, 1.165) is 11.1 Å². The molecule has 0 unspecified atom stereocenters. The second-order valence-electron chi connectivity index (χ2n) is 5.90. The van der Waals surface area contributed by atoms with Gasteiger partial charge in [0.25, 0.3) is 5.91 Å². The highest BCUT2D eigenvalue weighted by atomic mass is 35.5. The van der Waals surface area contributed by atoms with Gasteiger partial charge in [-0.15, -0.1) is 11.3 Å². The van der Waals surface area contributed by atoms with Gasteiger partial charge < -0.3 is 10.1 Å². The van der Waals surface area contributed by atoms with Crippen molar-refractivity contribution in [2.75, 3.05) is 11.9 Å². The van der Waals surface area contributed by atoms with Gasteiger partial charge in [-0.1, -0.05) is 41.4 Å². The Kier molecular flexibility index (Phi) is 5.94. The molecule has 1 aromatic heterocycles. The van der Waals surface area contributed by atoms with Crippen LogP contribution < -0.4 is 5.32 Å². The summed E-state index contributed by atoms with van der Waals surface area (Å²) in [4.78, 5) is 25.1. The average molecular weight is 400 g/mol. The Morgan fingerprint density at radius 2 is 1.74 bits per heavy atom. The van der Waals surface area contributed by atoms with E-state index in [2.05, 4.69) is 5.32 Å². The van der Waals surface area contributed by atoms with E-state index < -0.39 is 5.97 Å². The summed E-state index contributed by atoms with van der Waals surface area (Å²) in [6.07, 6.45) is 0. The fourth-order valence-electron chi connectivity index (χ4n) is 2.58. The third kappa shape index (κ3) is 4.38. The van der Waals surface area contributed by atoms with Crippen molar-refractivity contribution < 1.29 is 14.3 Å². The van der Waals surface area contributed by atoms with Gasteiger partial charge in [0.1, 0.15) is 10.6 Å². The van der Waals surface area contributed by atoms with Gasteiger partial charge in [0.2, 0.25) is 0 Å². The predicted octanol–water partition coefficient (Wildman–Crippen LogP) is 5.81. The third-order valence-electron chi connectivity index (χ3n) is 3.97. The Labute approximate surface area is 166 Å². The minimum Gasteiger partial charge on any atom is -0.462 e. The van der Waals surface area contributed by atoms with E-state index in [4.69, 9.17) is 16.3 Å². The molecule has 0 aliphatic carbocycles. The normalized spacial score (nSPS) is 10.5. The van der Waals surface area contributed by atoms with Crippen LogP contribution in [0.25, 0.3) is 11.1 Å². The number of nitrogens with one attached hydrogen (secondary N) is 1. The Bertz CT molecular complexity index is 962. The molecule has 0 radical (unpaired) electrons. The van der Waals surface area contributed by atoms with Crippen LogP contribution in [-0.2, 0) is 4.74 Å². The molecule has 27 heavy (non-hydrogen) atoms.